The Morgan fingerprint density at radius 2 is 1.93 bits per heavy atom. The van der Waals surface area contributed by atoms with Crippen molar-refractivity contribution in [3.05, 3.63) is 42.4 Å². The predicted molar refractivity (Wildman–Crippen MR) is 59.1 cm³/mol. The molecule has 0 unspecified atom stereocenters. The van der Waals surface area contributed by atoms with Gasteiger partial charge in [0.15, 0.2) is 0 Å². The molecule has 0 radical (unpaired) electrons. The summed E-state index contributed by atoms with van der Waals surface area (Å²) in [5, 5.41) is 0. The summed E-state index contributed by atoms with van der Waals surface area (Å²) in [5.74, 6) is 0. The number of nitrogens with one attached hydrogen (secondary N) is 1. The second kappa shape index (κ2) is 2.94. The van der Waals surface area contributed by atoms with Crippen molar-refractivity contribution in [1.82, 2.24) is 9.97 Å². The van der Waals surface area contributed by atoms with E-state index in [0.717, 1.165) is 24.1 Å². The molecule has 1 aliphatic rings. The minimum Gasteiger partial charge on any atom is -0.345 e. The monoisotopic (exact) mass is 199 g/mol. The molecule has 3 heteroatoms. The lowest BCUT2D eigenvalue weighted by molar-refractivity contribution is 0.740. The quantitative estimate of drug-likeness (QED) is 0.777. The van der Waals surface area contributed by atoms with E-state index >= 15 is 0 Å². The summed E-state index contributed by atoms with van der Waals surface area (Å²) in [6, 6.07) is 8.41. The van der Waals surface area contributed by atoms with Crippen molar-refractivity contribution in [1.29, 1.82) is 0 Å². The SMILES string of the molecule is NC1(c2ccc(-c3cnc[nH]3)cc2)CC1. The molecular formula is C12H13N3. The van der Waals surface area contributed by atoms with E-state index in [1.165, 1.54) is 5.56 Å². The van der Waals surface area contributed by atoms with Crippen molar-refractivity contribution in [2.24, 2.45) is 5.73 Å². The third-order valence-electron chi connectivity index (χ3n) is 3.06. The predicted octanol–water partition coefficient (Wildman–Crippen LogP) is 2.02. The van der Waals surface area contributed by atoms with Gasteiger partial charge in [-0.2, -0.15) is 0 Å². The Morgan fingerprint density at radius 3 is 2.47 bits per heavy atom. The van der Waals surface area contributed by atoms with Crippen LogP contribution in [0.5, 0.6) is 0 Å². The third-order valence-corrected chi connectivity index (χ3v) is 3.06. The zero-order chi connectivity index (χ0) is 10.3. The van der Waals surface area contributed by atoms with E-state index in [9.17, 15) is 0 Å². The van der Waals surface area contributed by atoms with E-state index in [0.29, 0.717) is 0 Å². The van der Waals surface area contributed by atoms with E-state index in [2.05, 4.69) is 34.2 Å². The van der Waals surface area contributed by atoms with E-state index in [1.807, 2.05) is 6.20 Å². The fraction of sp³-hybridized carbons (Fsp3) is 0.250. The zero-order valence-corrected chi connectivity index (χ0v) is 8.40. The number of rotatable bonds is 2. The van der Waals surface area contributed by atoms with Gasteiger partial charge in [-0.25, -0.2) is 4.98 Å². The van der Waals surface area contributed by atoms with Crippen molar-refractivity contribution in [3.8, 4) is 11.3 Å². The normalized spacial score (nSPS) is 17.7. The average molecular weight is 199 g/mol. The highest BCUT2D eigenvalue weighted by Gasteiger charge is 2.39. The maximum atomic E-state index is 6.12. The summed E-state index contributed by atoms with van der Waals surface area (Å²) in [7, 11) is 0. The highest BCUT2D eigenvalue weighted by atomic mass is 14.9. The molecule has 0 amide bonds. The molecule has 1 aromatic carbocycles. The third kappa shape index (κ3) is 1.45. The standard InChI is InChI=1S/C12H13N3/c13-12(5-6-12)10-3-1-9(2-4-10)11-7-14-8-15-11/h1-4,7-8H,5-6,13H2,(H,14,15). The minimum atomic E-state index is -0.0352. The Morgan fingerprint density at radius 1 is 1.20 bits per heavy atom. The van der Waals surface area contributed by atoms with Crippen LogP contribution in [0.25, 0.3) is 11.3 Å². The lowest BCUT2D eigenvalue weighted by Gasteiger charge is -2.09. The number of hydrogen-bond acceptors (Lipinski definition) is 2. The van der Waals surface area contributed by atoms with Gasteiger partial charge in [-0.05, 0) is 24.0 Å². The molecule has 0 spiro atoms. The summed E-state index contributed by atoms with van der Waals surface area (Å²) in [5.41, 5.74) is 9.52. The van der Waals surface area contributed by atoms with E-state index in [1.54, 1.807) is 6.33 Å². The first kappa shape index (κ1) is 8.68. The molecular weight excluding hydrogens is 186 g/mol. The first-order valence-electron chi connectivity index (χ1n) is 5.16. The molecule has 0 bridgehead atoms. The van der Waals surface area contributed by atoms with Crippen LogP contribution in [0.4, 0.5) is 0 Å². The molecule has 0 atom stereocenters. The van der Waals surface area contributed by atoms with Crippen LogP contribution >= 0.6 is 0 Å². The molecule has 1 aliphatic carbocycles. The number of nitrogens with zero attached hydrogens (tertiary/aromatic N) is 1. The van der Waals surface area contributed by atoms with Crippen molar-refractivity contribution in [2.45, 2.75) is 18.4 Å². The van der Waals surface area contributed by atoms with Crippen LogP contribution in [0.15, 0.2) is 36.8 Å². The zero-order valence-electron chi connectivity index (χ0n) is 8.40. The molecule has 76 valence electrons. The number of aromatic nitrogens is 2. The molecule has 3 nitrogen and oxygen atoms in total. The van der Waals surface area contributed by atoms with Gasteiger partial charge in [0, 0.05) is 5.54 Å². The number of nitrogens with two attached hydrogens (primary N) is 1. The molecule has 3 rings (SSSR count). The van der Waals surface area contributed by atoms with Crippen molar-refractivity contribution >= 4 is 0 Å². The smallest absolute Gasteiger partial charge is 0.0924 e. The largest absolute Gasteiger partial charge is 0.345 e. The molecule has 1 fully saturated rings. The van der Waals surface area contributed by atoms with Crippen LogP contribution in [0.3, 0.4) is 0 Å². The van der Waals surface area contributed by atoms with Crippen molar-refractivity contribution < 1.29 is 0 Å². The van der Waals surface area contributed by atoms with Gasteiger partial charge in [-0.15, -0.1) is 0 Å². The average Bonchev–Trinajstić information content (AvgIpc) is 2.84. The van der Waals surface area contributed by atoms with Gasteiger partial charge in [0.1, 0.15) is 0 Å². The van der Waals surface area contributed by atoms with Gasteiger partial charge < -0.3 is 10.7 Å². The van der Waals surface area contributed by atoms with Gasteiger partial charge in [0.05, 0.1) is 18.2 Å². The number of hydrogen-bond donors (Lipinski definition) is 2. The fourth-order valence-electron chi connectivity index (χ4n) is 1.82. The van der Waals surface area contributed by atoms with Gasteiger partial charge in [-0.3, -0.25) is 0 Å². The summed E-state index contributed by atoms with van der Waals surface area (Å²) in [4.78, 5) is 7.09. The Kier molecular flexibility index (Phi) is 1.70. The lowest BCUT2D eigenvalue weighted by Crippen LogP contribution is -2.18. The number of aromatic amines is 1. The van der Waals surface area contributed by atoms with Gasteiger partial charge in [-0.1, -0.05) is 24.3 Å². The summed E-state index contributed by atoms with van der Waals surface area (Å²) >= 11 is 0. The molecule has 0 saturated heterocycles. The molecule has 15 heavy (non-hydrogen) atoms. The van der Waals surface area contributed by atoms with Gasteiger partial charge >= 0.3 is 0 Å². The molecule has 0 aliphatic heterocycles. The van der Waals surface area contributed by atoms with Crippen LogP contribution in [-0.4, -0.2) is 9.97 Å². The second-order valence-corrected chi connectivity index (χ2v) is 4.20. The van der Waals surface area contributed by atoms with E-state index < -0.39 is 0 Å². The summed E-state index contributed by atoms with van der Waals surface area (Å²) in [6.07, 6.45) is 5.73. The molecule has 2 aromatic rings. The van der Waals surface area contributed by atoms with E-state index in [-0.39, 0.29) is 5.54 Å². The van der Waals surface area contributed by atoms with Gasteiger partial charge in [0.2, 0.25) is 0 Å². The van der Waals surface area contributed by atoms with Crippen LogP contribution < -0.4 is 5.73 Å². The Balaban J connectivity index is 1.94. The molecule has 1 saturated carbocycles. The second-order valence-electron chi connectivity index (χ2n) is 4.20. The Bertz CT molecular complexity index is 452. The molecule has 3 N–H and O–H groups in total. The summed E-state index contributed by atoms with van der Waals surface area (Å²) in [6.45, 7) is 0. The Hall–Kier alpha value is -1.61. The lowest BCUT2D eigenvalue weighted by atomic mass is 10.0. The fourth-order valence-corrected chi connectivity index (χ4v) is 1.82. The van der Waals surface area contributed by atoms with Gasteiger partial charge in [0.25, 0.3) is 0 Å². The first-order valence-corrected chi connectivity index (χ1v) is 5.16. The van der Waals surface area contributed by atoms with Crippen LogP contribution in [0.1, 0.15) is 18.4 Å². The highest BCUT2D eigenvalue weighted by Crippen LogP contribution is 2.42. The first-order chi connectivity index (χ1) is 7.28. The molecule has 1 heterocycles. The molecule has 1 aromatic heterocycles. The summed E-state index contributed by atoms with van der Waals surface area (Å²) < 4.78 is 0. The van der Waals surface area contributed by atoms with Crippen molar-refractivity contribution in [3.63, 3.8) is 0 Å². The minimum absolute atomic E-state index is 0.0352. The number of imidazole rings is 1. The van der Waals surface area contributed by atoms with E-state index in [4.69, 9.17) is 5.73 Å². The highest BCUT2D eigenvalue weighted by molar-refractivity contribution is 5.58. The maximum absolute atomic E-state index is 6.12. The number of benzene rings is 1. The van der Waals surface area contributed by atoms with Crippen LogP contribution in [-0.2, 0) is 5.54 Å². The topological polar surface area (TPSA) is 54.7 Å². The number of H-pyrrole nitrogens is 1. The van der Waals surface area contributed by atoms with Crippen LogP contribution in [0.2, 0.25) is 0 Å². The Labute approximate surface area is 88.3 Å². The maximum Gasteiger partial charge on any atom is 0.0924 e. The van der Waals surface area contributed by atoms with Crippen LogP contribution in [0, 0.1) is 0 Å². The van der Waals surface area contributed by atoms with Crippen molar-refractivity contribution in [2.75, 3.05) is 0 Å².